The van der Waals surface area contributed by atoms with Gasteiger partial charge in [0.05, 0.1) is 34.4 Å². The predicted octanol–water partition coefficient (Wildman–Crippen LogP) is 26.5. The number of carboxylic acid groups (broad SMARTS) is 1. The van der Waals surface area contributed by atoms with Gasteiger partial charge in [-0.25, -0.2) is 4.79 Å². The summed E-state index contributed by atoms with van der Waals surface area (Å²) in [6.45, 7) is 4.65. The molecule has 0 saturated carbocycles. The van der Waals surface area contributed by atoms with Gasteiger partial charge in [-0.15, -0.1) is 0 Å². The van der Waals surface area contributed by atoms with Crippen LogP contribution in [0.1, 0.15) is 309 Å². The average molecular weight is 1400 g/mol. The van der Waals surface area contributed by atoms with E-state index >= 15 is 0 Å². The Bertz CT molecular complexity index is 2380. The van der Waals surface area contributed by atoms with Crippen LogP contribution in [0.3, 0.4) is 0 Å². The minimum atomic E-state index is -1.52. The maximum Gasteiger partial charge on any atom is 0.361 e. The van der Waals surface area contributed by atoms with E-state index < -0.39 is 24.3 Å². The minimum absolute atomic E-state index is 0.180. The Hall–Kier alpha value is -5.87. The summed E-state index contributed by atoms with van der Waals surface area (Å²) in [6.07, 6.45) is 120. The lowest BCUT2D eigenvalue weighted by molar-refractivity contribution is -0.870. The van der Waals surface area contributed by atoms with E-state index in [0.717, 1.165) is 141 Å². The number of quaternary nitrogens is 1. The van der Waals surface area contributed by atoms with Gasteiger partial charge in [-0.05, 0) is 141 Å². The van der Waals surface area contributed by atoms with Crippen LogP contribution in [0.15, 0.2) is 194 Å². The Morgan fingerprint density at radius 1 is 0.297 bits per heavy atom. The smallest absolute Gasteiger partial charge is 0.361 e. The number of allylic oxidation sites excluding steroid dienone is 32. The summed E-state index contributed by atoms with van der Waals surface area (Å²) in [5.74, 6) is -2.01. The lowest BCUT2D eigenvalue weighted by Crippen LogP contribution is -2.40. The van der Waals surface area contributed by atoms with Crippen LogP contribution in [0.5, 0.6) is 0 Å². The zero-order valence-electron chi connectivity index (χ0n) is 65.2. The molecule has 0 saturated heterocycles. The molecule has 0 bridgehead atoms. The standard InChI is InChI=1S/C92H149NO8/c1-6-8-10-12-14-16-18-20-22-24-26-28-30-32-34-36-38-40-42-44-45-47-49-51-53-55-57-59-61-63-65-67-69-71-73-75-77-79-81-83-90(95)101-88(87-100-92(91(96)97)98-85-84-93(3,4)5)86-99-89(94)82-80-78-76-74-72-70-68-66-64-62-60-58-56-54-52-50-48-46-43-41-39-37-35-33-31-29-27-25-23-21-19-17-15-13-11-9-7-2/h8-11,14-17,20-23,26-29,32-35,38-41,44-46,48-49,51-52,54,88,92H,6-7,12-13,18-19,24-25,30-31,36-37,42-43,47,50,53,55-87H2,1-5H3/p+1/b10-8-,11-9-,16-14-,17-15-,22-20-,23-21-,28-26-,29-27-,34-32-,35-33-,40-38-,41-39-,45-44-,48-46-,51-49-,54-52-. The number of ether oxygens (including phenoxy) is 4. The largest absolute Gasteiger partial charge is 0.477 e. The molecule has 9 nitrogen and oxygen atoms in total. The van der Waals surface area contributed by atoms with Crippen molar-refractivity contribution in [1.82, 2.24) is 0 Å². The van der Waals surface area contributed by atoms with Crippen LogP contribution in [-0.4, -0.2) is 87.4 Å². The van der Waals surface area contributed by atoms with Crippen molar-refractivity contribution in [2.75, 3.05) is 47.5 Å². The number of carbonyl (C=O) groups excluding carboxylic acids is 2. The number of nitrogens with zero attached hydrogens (tertiary/aromatic N) is 1. The van der Waals surface area contributed by atoms with Gasteiger partial charge in [0.25, 0.3) is 6.29 Å². The molecule has 0 aromatic rings. The molecule has 101 heavy (non-hydrogen) atoms. The van der Waals surface area contributed by atoms with Crippen LogP contribution in [0.2, 0.25) is 0 Å². The van der Waals surface area contributed by atoms with E-state index in [-0.39, 0.29) is 32.2 Å². The van der Waals surface area contributed by atoms with Gasteiger partial charge in [-0.1, -0.05) is 350 Å². The molecule has 2 unspecified atom stereocenters. The second-order valence-corrected chi connectivity index (χ2v) is 27.6. The summed E-state index contributed by atoms with van der Waals surface area (Å²) in [4.78, 5) is 37.8. The fraction of sp³-hybridized carbons (Fsp3) is 0.620. The monoisotopic (exact) mass is 1400 g/mol. The maximum atomic E-state index is 13.0. The van der Waals surface area contributed by atoms with Crippen molar-refractivity contribution in [2.24, 2.45) is 0 Å². The molecule has 0 aliphatic heterocycles. The van der Waals surface area contributed by atoms with E-state index in [1.54, 1.807) is 0 Å². The molecule has 0 aromatic heterocycles. The van der Waals surface area contributed by atoms with Crippen molar-refractivity contribution < 1.29 is 42.9 Å². The zero-order chi connectivity index (χ0) is 73.2. The normalized spacial score (nSPS) is 13.7. The third-order valence-corrected chi connectivity index (χ3v) is 16.8. The highest BCUT2D eigenvalue weighted by Gasteiger charge is 2.25. The first kappa shape index (κ1) is 95.1. The van der Waals surface area contributed by atoms with Crippen molar-refractivity contribution in [3.8, 4) is 0 Å². The number of rotatable bonds is 73. The molecule has 2 atom stereocenters. The van der Waals surface area contributed by atoms with Crippen LogP contribution in [0.25, 0.3) is 0 Å². The van der Waals surface area contributed by atoms with Crippen LogP contribution in [0, 0.1) is 0 Å². The number of likely N-dealkylation sites (N-methyl/N-ethyl adjacent to an activating group) is 1. The summed E-state index contributed by atoms with van der Waals surface area (Å²) in [5, 5.41) is 9.78. The highest BCUT2D eigenvalue weighted by molar-refractivity contribution is 5.71. The van der Waals surface area contributed by atoms with Gasteiger partial charge in [0.1, 0.15) is 13.2 Å². The van der Waals surface area contributed by atoms with Gasteiger partial charge in [0.15, 0.2) is 6.10 Å². The van der Waals surface area contributed by atoms with Gasteiger partial charge in [0.2, 0.25) is 0 Å². The Morgan fingerprint density at radius 3 is 0.792 bits per heavy atom. The van der Waals surface area contributed by atoms with Crippen molar-refractivity contribution in [1.29, 1.82) is 0 Å². The first-order valence-corrected chi connectivity index (χ1v) is 40.6. The molecule has 570 valence electrons. The average Bonchev–Trinajstić information content (AvgIpc) is 1.21. The van der Waals surface area contributed by atoms with E-state index in [1.165, 1.54) is 135 Å². The van der Waals surface area contributed by atoms with E-state index in [4.69, 9.17) is 18.9 Å². The lowest BCUT2D eigenvalue weighted by Gasteiger charge is -2.25. The van der Waals surface area contributed by atoms with Gasteiger partial charge in [-0.3, -0.25) is 9.59 Å². The third kappa shape index (κ3) is 81.3. The molecule has 0 radical (unpaired) electrons. The Balaban J connectivity index is 4.09. The van der Waals surface area contributed by atoms with Crippen molar-refractivity contribution in [2.45, 2.75) is 322 Å². The van der Waals surface area contributed by atoms with Gasteiger partial charge in [0, 0.05) is 12.8 Å². The summed E-state index contributed by atoms with van der Waals surface area (Å²) >= 11 is 0. The molecule has 0 aliphatic rings. The molecule has 0 rings (SSSR count). The third-order valence-electron chi connectivity index (χ3n) is 16.8. The van der Waals surface area contributed by atoms with Crippen LogP contribution >= 0.6 is 0 Å². The molecule has 0 aromatic carbocycles. The number of unbranched alkanes of at least 4 members (excludes halogenated alkanes) is 26. The van der Waals surface area contributed by atoms with Crippen molar-refractivity contribution >= 4 is 17.9 Å². The maximum absolute atomic E-state index is 13.0. The fourth-order valence-corrected chi connectivity index (χ4v) is 10.8. The highest BCUT2D eigenvalue weighted by Crippen LogP contribution is 2.17. The van der Waals surface area contributed by atoms with Crippen molar-refractivity contribution in [3.05, 3.63) is 194 Å². The number of aliphatic carboxylic acids is 1. The molecule has 0 heterocycles. The molecule has 0 amide bonds. The quantitative estimate of drug-likeness (QED) is 0.0211. The first-order chi connectivity index (χ1) is 49.6. The van der Waals surface area contributed by atoms with E-state index in [1.807, 2.05) is 21.1 Å². The molecule has 0 aliphatic carbocycles. The topological polar surface area (TPSA) is 108 Å². The summed E-state index contributed by atoms with van der Waals surface area (Å²) in [5.41, 5.74) is 0. The Morgan fingerprint density at radius 2 is 0.535 bits per heavy atom. The van der Waals surface area contributed by atoms with Crippen LogP contribution < -0.4 is 0 Å². The SMILES string of the molecule is CC/C=C\C/C=C\C/C=C\C/C=C\C/C=C\C/C=C\C/C=C\C/C=C\CCCCCCCCCCCCCCCCC(=O)OC(COC(=O)CCCCCCCCCCCCCC/C=C\C/C=C\C/C=C\C/C=C\C/C=C\C/C=C\C/C=C\C/C=C\CC)COC(OCC[N+](C)(C)C)C(=O)O. The number of esters is 2. The van der Waals surface area contributed by atoms with Crippen molar-refractivity contribution in [3.63, 3.8) is 0 Å². The lowest BCUT2D eigenvalue weighted by atomic mass is 10.0. The van der Waals surface area contributed by atoms with Crippen LogP contribution in [-0.2, 0) is 33.3 Å². The second-order valence-electron chi connectivity index (χ2n) is 27.6. The second kappa shape index (κ2) is 79.8. The molecular weight excluding hydrogens is 1250 g/mol. The predicted molar refractivity (Wildman–Crippen MR) is 437 cm³/mol. The highest BCUT2D eigenvalue weighted by atomic mass is 16.7. The Kier molecular flexibility index (Phi) is 75.2. The molecule has 0 spiro atoms. The molecule has 1 N–H and O–H groups in total. The molecule has 0 fully saturated rings. The van der Waals surface area contributed by atoms with E-state index in [0.29, 0.717) is 23.9 Å². The molecular formula is C92H150NO8+. The van der Waals surface area contributed by atoms with E-state index in [9.17, 15) is 19.5 Å². The first-order valence-electron chi connectivity index (χ1n) is 40.6. The van der Waals surface area contributed by atoms with Gasteiger partial charge >= 0.3 is 17.9 Å². The van der Waals surface area contributed by atoms with Crippen LogP contribution in [0.4, 0.5) is 0 Å². The minimum Gasteiger partial charge on any atom is -0.477 e. The number of carbonyl (C=O) groups is 3. The number of hydrogen-bond acceptors (Lipinski definition) is 7. The fourth-order valence-electron chi connectivity index (χ4n) is 10.8. The summed E-state index contributed by atoms with van der Waals surface area (Å²) < 4.78 is 23.0. The summed E-state index contributed by atoms with van der Waals surface area (Å²) in [6, 6.07) is 0. The summed E-state index contributed by atoms with van der Waals surface area (Å²) in [7, 11) is 5.98. The van der Waals surface area contributed by atoms with Gasteiger partial charge < -0.3 is 28.5 Å². The Labute approximate surface area is 621 Å². The zero-order valence-corrected chi connectivity index (χ0v) is 65.2. The number of hydrogen-bond donors (Lipinski definition) is 1. The van der Waals surface area contributed by atoms with Gasteiger partial charge in [-0.2, -0.15) is 0 Å². The number of carboxylic acids is 1. The molecule has 9 heteroatoms. The van der Waals surface area contributed by atoms with E-state index in [2.05, 4.69) is 208 Å².